The van der Waals surface area contributed by atoms with E-state index >= 15 is 0 Å². The van der Waals surface area contributed by atoms with Crippen LogP contribution >= 0.6 is 0 Å². The fraction of sp³-hybridized carbons (Fsp3) is 0.643. The van der Waals surface area contributed by atoms with Crippen LogP contribution in [-0.4, -0.2) is 41.1 Å². The van der Waals surface area contributed by atoms with Crippen LogP contribution < -0.4 is 4.90 Å². The molecule has 3 rings (SSSR count). The van der Waals surface area contributed by atoms with Crippen LogP contribution in [0.25, 0.3) is 0 Å². The molecule has 4 heteroatoms. The molecule has 2 saturated heterocycles. The summed E-state index contributed by atoms with van der Waals surface area (Å²) in [7, 11) is 0. The van der Waals surface area contributed by atoms with Crippen molar-refractivity contribution < 1.29 is 4.39 Å². The van der Waals surface area contributed by atoms with E-state index in [1.165, 1.54) is 25.1 Å². The van der Waals surface area contributed by atoms with E-state index in [0.29, 0.717) is 18.1 Å². The van der Waals surface area contributed by atoms with Gasteiger partial charge in [-0.2, -0.15) is 0 Å². The van der Waals surface area contributed by atoms with Gasteiger partial charge in [-0.1, -0.05) is 0 Å². The van der Waals surface area contributed by atoms with Gasteiger partial charge in [0.1, 0.15) is 11.6 Å². The molecule has 0 spiro atoms. The van der Waals surface area contributed by atoms with Crippen molar-refractivity contribution in [1.29, 1.82) is 0 Å². The van der Waals surface area contributed by atoms with Crippen molar-refractivity contribution in [2.24, 2.45) is 0 Å². The number of pyridine rings is 1. The molecular formula is C14H20FN3. The zero-order valence-corrected chi connectivity index (χ0v) is 11.0. The molecule has 2 atom stereocenters. The Balaban J connectivity index is 1.81. The highest BCUT2D eigenvalue weighted by molar-refractivity contribution is 5.43. The number of anilines is 1. The first kappa shape index (κ1) is 11.9. The van der Waals surface area contributed by atoms with E-state index < -0.39 is 0 Å². The van der Waals surface area contributed by atoms with Crippen LogP contribution in [0.1, 0.15) is 26.7 Å². The van der Waals surface area contributed by atoms with Gasteiger partial charge in [0.2, 0.25) is 0 Å². The van der Waals surface area contributed by atoms with E-state index in [1.54, 1.807) is 0 Å². The first-order valence-electron chi connectivity index (χ1n) is 6.79. The Labute approximate surface area is 108 Å². The van der Waals surface area contributed by atoms with Gasteiger partial charge < -0.3 is 4.90 Å². The van der Waals surface area contributed by atoms with Gasteiger partial charge in [-0.05, 0) is 38.8 Å². The SMILES string of the molecule is CC(C)N1CC2CCC(C1)N2c1ccc(F)cn1. The topological polar surface area (TPSA) is 19.4 Å². The normalized spacial score (nSPS) is 28.1. The van der Waals surface area contributed by atoms with Crippen LogP contribution in [0.2, 0.25) is 0 Å². The van der Waals surface area contributed by atoms with Crippen LogP contribution in [0.3, 0.4) is 0 Å². The predicted octanol–water partition coefficient (Wildman–Crippen LogP) is 2.28. The first-order valence-corrected chi connectivity index (χ1v) is 6.79. The van der Waals surface area contributed by atoms with Crippen molar-refractivity contribution in [3.63, 3.8) is 0 Å². The molecule has 1 aromatic rings. The minimum absolute atomic E-state index is 0.257. The van der Waals surface area contributed by atoms with Crippen LogP contribution in [0, 0.1) is 5.82 Å². The van der Waals surface area contributed by atoms with Crippen molar-refractivity contribution >= 4 is 5.82 Å². The summed E-state index contributed by atoms with van der Waals surface area (Å²) in [6, 6.07) is 5.02. The van der Waals surface area contributed by atoms with Gasteiger partial charge >= 0.3 is 0 Å². The number of likely N-dealkylation sites (tertiary alicyclic amines) is 1. The zero-order chi connectivity index (χ0) is 12.7. The third kappa shape index (κ3) is 1.99. The lowest BCUT2D eigenvalue weighted by Crippen LogP contribution is -2.55. The van der Waals surface area contributed by atoms with Crippen LogP contribution in [0.4, 0.5) is 10.2 Å². The molecule has 2 aliphatic heterocycles. The van der Waals surface area contributed by atoms with Crippen molar-refractivity contribution in [2.45, 2.75) is 44.8 Å². The Morgan fingerprint density at radius 3 is 2.39 bits per heavy atom. The number of nitrogens with zero attached hydrogens (tertiary/aromatic N) is 3. The highest BCUT2D eigenvalue weighted by atomic mass is 19.1. The second-order valence-corrected chi connectivity index (χ2v) is 5.67. The van der Waals surface area contributed by atoms with Gasteiger partial charge in [0.25, 0.3) is 0 Å². The van der Waals surface area contributed by atoms with E-state index in [1.807, 2.05) is 6.07 Å². The molecular weight excluding hydrogens is 229 g/mol. The first-order chi connectivity index (χ1) is 8.65. The Bertz CT molecular complexity index is 404. The monoisotopic (exact) mass is 249 g/mol. The molecule has 2 fully saturated rings. The molecule has 2 unspecified atom stereocenters. The standard InChI is InChI=1S/C14H20FN3/c1-10(2)17-8-12-4-5-13(9-17)18(12)14-6-3-11(15)7-16-14/h3,6-7,10,12-13H,4-5,8-9H2,1-2H3. The average Bonchev–Trinajstić information content (AvgIpc) is 2.61. The fourth-order valence-corrected chi connectivity index (χ4v) is 3.25. The summed E-state index contributed by atoms with van der Waals surface area (Å²) in [6.45, 7) is 6.72. The Kier molecular flexibility index (Phi) is 2.98. The van der Waals surface area contributed by atoms with E-state index in [2.05, 4.69) is 28.6 Å². The quantitative estimate of drug-likeness (QED) is 0.801. The Hall–Kier alpha value is -1.16. The lowest BCUT2D eigenvalue weighted by Gasteiger charge is -2.43. The number of hydrogen-bond acceptors (Lipinski definition) is 3. The van der Waals surface area contributed by atoms with Crippen molar-refractivity contribution in [3.05, 3.63) is 24.1 Å². The number of hydrogen-bond donors (Lipinski definition) is 0. The minimum Gasteiger partial charge on any atom is -0.348 e. The molecule has 18 heavy (non-hydrogen) atoms. The van der Waals surface area contributed by atoms with Crippen LogP contribution in [0.15, 0.2) is 18.3 Å². The second-order valence-electron chi connectivity index (χ2n) is 5.67. The van der Waals surface area contributed by atoms with Gasteiger partial charge in [-0.25, -0.2) is 9.37 Å². The third-order valence-electron chi connectivity index (χ3n) is 4.22. The average molecular weight is 249 g/mol. The predicted molar refractivity (Wildman–Crippen MR) is 70.2 cm³/mol. The molecule has 0 aliphatic carbocycles. The highest BCUT2D eigenvalue weighted by Crippen LogP contribution is 2.34. The van der Waals surface area contributed by atoms with E-state index in [4.69, 9.17) is 0 Å². The summed E-state index contributed by atoms with van der Waals surface area (Å²) in [6.07, 6.45) is 3.78. The third-order valence-corrected chi connectivity index (χ3v) is 4.22. The molecule has 0 saturated carbocycles. The molecule has 0 radical (unpaired) electrons. The lowest BCUT2D eigenvalue weighted by atomic mass is 10.1. The molecule has 2 aliphatic rings. The van der Waals surface area contributed by atoms with E-state index in [9.17, 15) is 4.39 Å². The lowest BCUT2D eigenvalue weighted by molar-refractivity contribution is 0.177. The number of halogens is 1. The maximum Gasteiger partial charge on any atom is 0.141 e. The summed E-state index contributed by atoms with van der Waals surface area (Å²) in [5.74, 6) is 0.680. The van der Waals surface area contributed by atoms with Crippen LogP contribution in [0.5, 0.6) is 0 Å². The summed E-state index contributed by atoms with van der Waals surface area (Å²) < 4.78 is 12.9. The highest BCUT2D eigenvalue weighted by Gasteiger charge is 2.40. The minimum atomic E-state index is -0.257. The van der Waals surface area contributed by atoms with E-state index in [-0.39, 0.29) is 5.82 Å². The molecule has 2 bridgehead atoms. The molecule has 1 aromatic heterocycles. The molecule has 0 amide bonds. The van der Waals surface area contributed by atoms with Crippen molar-refractivity contribution in [2.75, 3.05) is 18.0 Å². The summed E-state index contributed by atoms with van der Waals surface area (Å²) >= 11 is 0. The van der Waals surface area contributed by atoms with Crippen molar-refractivity contribution in [3.8, 4) is 0 Å². The summed E-state index contributed by atoms with van der Waals surface area (Å²) in [5, 5.41) is 0. The Morgan fingerprint density at radius 2 is 1.89 bits per heavy atom. The molecule has 0 aromatic carbocycles. The molecule has 0 N–H and O–H groups in total. The van der Waals surface area contributed by atoms with E-state index in [0.717, 1.165) is 18.9 Å². The largest absolute Gasteiger partial charge is 0.348 e. The van der Waals surface area contributed by atoms with Gasteiger partial charge in [-0.15, -0.1) is 0 Å². The van der Waals surface area contributed by atoms with Gasteiger partial charge in [0.15, 0.2) is 0 Å². The maximum absolute atomic E-state index is 12.9. The Morgan fingerprint density at radius 1 is 1.22 bits per heavy atom. The summed E-state index contributed by atoms with van der Waals surface area (Å²) in [5.41, 5.74) is 0. The fourth-order valence-electron chi connectivity index (χ4n) is 3.25. The number of fused-ring (bicyclic) bond motifs is 2. The second kappa shape index (κ2) is 4.50. The van der Waals surface area contributed by atoms with Crippen molar-refractivity contribution in [1.82, 2.24) is 9.88 Å². The van der Waals surface area contributed by atoms with Gasteiger partial charge in [0.05, 0.1) is 6.20 Å². The smallest absolute Gasteiger partial charge is 0.141 e. The number of rotatable bonds is 2. The molecule has 3 heterocycles. The van der Waals surface area contributed by atoms with Gasteiger partial charge in [-0.3, -0.25) is 4.90 Å². The number of aromatic nitrogens is 1. The van der Waals surface area contributed by atoms with Crippen LogP contribution in [-0.2, 0) is 0 Å². The van der Waals surface area contributed by atoms with Gasteiger partial charge in [0, 0.05) is 31.2 Å². The summed E-state index contributed by atoms with van der Waals surface area (Å²) in [4.78, 5) is 9.19. The zero-order valence-electron chi connectivity index (χ0n) is 11.0. The molecule has 98 valence electrons. The maximum atomic E-state index is 12.9. The number of piperazine rings is 1. The molecule has 3 nitrogen and oxygen atoms in total.